The number of methoxy groups -OCH3 is 1. The van der Waals surface area contributed by atoms with Crippen LogP contribution in [0.25, 0.3) is 6.08 Å². The first kappa shape index (κ1) is 24.5. The van der Waals surface area contributed by atoms with E-state index in [1.807, 2.05) is 26.0 Å². The molecule has 3 rings (SSSR count). The predicted octanol–water partition coefficient (Wildman–Crippen LogP) is 4.29. The summed E-state index contributed by atoms with van der Waals surface area (Å²) < 4.78 is 10.8. The lowest BCUT2D eigenvalue weighted by molar-refractivity contribution is -0.142. The maximum absolute atomic E-state index is 12.8. The Labute approximate surface area is 203 Å². The van der Waals surface area contributed by atoms with Crippen LogP contribution in [0.3, 0.4) is 0 Å². The molecule has 0 spiro atoms. The van der Waals surface area contributed by atoms with Crippen molar-refractivity contribution in [2.75, 3.05) is 25.6 Å². The molecular weight excluding hydrogens is 512 g/mol. The molecule has 0 bridgehead atoms. The number of aryl methyl sites for hydroxylation is 2. The van der Waals surface area contributed by atoms with E-state index in [-0.39, 0.29) is 11.5 Å². The molecule has 2 aromatic rings. The average molecular weight is 533 g/mol. The molecule has 0 atom stereocenters. The SMILES string of the molecule is COC(=O)COc1ccc(Br)cc1C=C1SC(=O)N(CC(=O)Nc2ccc(C)c(C)c2)C1=O. The van der Waals surface area contributed by atoms with Crippen molar-refractivity contribution in [1.29, 1.82) is 0 Å². The summed E-state index contributed by atoms with van der Waals surface area (Å²) in [6.45, 7) is 3.18. The number of hydrogen-bond acceptors (Lipinski definition) is 7. The Morgan fingerprint density at radius 2 is 1.88 bits per heavy atom. The highest BCUT2D eigenvalue weighted by Gasteiger charge is 2.36. The molecule has 33 heavy (non-hydrogen) atoms. The molecule has 2 aromatic carbocycles. The highest BCUT2D eigenvalue weighted by Crippen LogP contribution is 2.35. The zero-order valence-corrected chi connectivity index (χ0v) is 20.5. The van der Waals surface area contributed by atoms with Gasteiger partial charge in [-0.05, 0) is 73.1 Å². The van der Waals surface area contributed by atoms with Crippen molar-refractivity contribution in [3.8, 4) is 5.75 Å². The van der Waals surface area contributed by atoms with Crippen LogP contribution < -0.4 is 10.1 Å². The minimum atomic E-state index is -0.584. The van der Waals surface area contributed by atoms with Gasteiger partial charge >= 0.3 is 5.97 Å². The topological polar surface area (TPSA) is 102 Å². The Balaban J connectivity index is 1.74. The van der Waals surface area contributed by atoms with Gasteiger partial charge in [0.25, 0.3) is 11.1 Å². The van der Waals surface area contributed by atoms with Crippen molar-refractivity contribution in [1.82, 2.24) is 4.90 Å². The Kier molecular flexibility index (Phi) is 7.93. The number of thioether (sulfide) groups is 1. The van der Waals surface area contributed by atoms with E-state index in [0.29, 0.717) is 21.5 Å². The third-order valence-corrected chi connectivity index (χ3v) is 6.20. The average Bonchev–Trinajstić information content (AvgIpc) is 3.02. The number of benzene rings is 2. The Morgan fingerprint density at radius 3 is 2.58 bits per heavy atom. The molecule has 1 saturated heterocycles. The second-order valence-electron chi connectivity index (χ2n) is 7.16. The molecule has 172 valence electrons. The number of anilines is 1. The van der Waals surface area contributed by atoms with Crippen molar-refractivity contribution >= 4 is 62.5 Å². The summed E-state index contributed by atoms with van der Waals surface area (Å²) >= 11 is 4.08. The molecule has 0 unspecified atom stereocenters. The summed E-state index contributed by atoms with van der Waals surface area (Å²) in [4.78, 5) is 50.1. The second kappa shape index (κ2) is 10.7. The number of hydrogen-bond donors (Lipinski definition) is 1. The van der Waals surface area contributed by atoms with Crippen LogP contribution in [0.4, 0.5) is 10.5 Å². The van der Waals surface area contributed by atoms with Gasteiger partial charge in [0.2, 0.25) is 5.91 Å². The summed E-state index contributed by atoms with van der Waals surface area (Å²) in [6, 6.07) is 10.5. The molecule has 0 aliphatic carbocycles. The van der Waals surface area contributed by atoms with Gasteiger partial charge in [-0.15, -0.1) is 0 Å². The van der Waals surface area contributed by atoms with E-state index in [2.05, 4.69) is 26.0 Å². The van der Waals surface area contributed by atoms with E-state index in [1.165, 1.54) is 13.2 Å². The first-order chi connectivity index (χ1) is 15.7. The van der Waals surface area contributed by atoms with E-state index in [1.54, 1.807) is 24.3 Å². The van der Waals surface area contributed by atoms with E-state index in [0.717, 1.165) is 27.8 Å². The van der Waals surface area contributed by atoms with Crippen molar-refractivity contribution < 1.29 is 28.7 Å². The smallest absolute Gasteiger partial charge is 0.343 e. The van der Waals surface area contributed by atoms with Gasteiger partial charge in [0, 0.05) is 15.7 Å². The second-order valence-corrected chi connectivity index (χ2v) is 9.07. The molecule has 3 amide bonds. The molecule has 1 heterocycles. The first-order valence-electron chi connectivity index (χ1n) is 9.79. The molecule has 1 aliphatic heterocycles. The fourth-order valence-electron chi connectivity index (χ4n) is 2.90. The lowest BCUT2D eigenvalue weighted by Crippen LogP contribution is -2.36. The van der Waals surface area contributed by atoms with Gasteiger partial charge in [0.1, 0.15) is 12.3 Å². The molecule has 0 saturated carbocycles. The van der Waals surface area contributed by atoms with Crippen molar-refractivity contribution in [2.24, 2.45) is 0 Å². The lowest BCUT2D eigenvalue weighted by atomic mass is 10.1. The lowest BCUT2D eigenvalue weighted by Gasteiger charge is -2.13. The summed E-state index contributed by atoms with van der Waals surface area (Å²) in [7, 11) is 1.25. The van der Waals surface area contributed by atoms with Gasteiger partial charge < -0.3 is 14.8 Å². The molecule has 1 fully saturated rings. The molecule has 10 heteroatoms. The number of carbonyl (C=O) groups is 4. The minimum Gasteiger partial charge on any atom is -0.481 e. The molecular formula is C23H21BrN2O6S. The third-order valence-electron chi connectivity index (χ3n) is 4.80. The maximum atomic E-state index is 12.8. The number of imide groups is 1. The summed E-state index contributed by atoms with van der Waals surface area (Å²) in [6.07, 6.45) is 1.49. The van der Waals surface area contributed by atoms with E-state index in [9.17, 15) is 19.2 Å². The van der Waals surface area contributed by atoms with Crippen molar-refractivity contribution in [3.05, 3.63) is 62.5 Å². The van der Waals surface area contributed by atoms with Crippen molar-refractivity contribution in [2.45, 2.75) is 13.8 Å². The summed E-state index contributed by atoms with van der Waals surface area (Å²) in [5.74, 6) is -1.28. The molecule has 0 radical (unpaired) electrons. The number of rotatable bonds is 7. The predicted molar refractivity (Wildman–Crippen MR) is 129 cm³/mol. The highest BCUT2D eigenvalue weighted by molar-refractivity contribution is 9.10. The fourth-order valence-corrected chi connectivity index (χ4v) is 4.11. The number of esters is 1. The van der Waals surface area contributed by atoms with Crippen LogP contribution in [0.5, 0.6) is 5.75 Å². The van der Waals surface area contributed by atoms with Gasteiger partial charge in [0.05, 0.1) is 12.0 Å². The van der Waals surface area contributed by atoms with Gasteiger partial charge in [-0.3, -0.25) is 19.3 Å². The van der Waals surface area contributed by atoms with Crippen LogP contribution in [-0.4, -0.2) is 48.2 Å². The monoisotopic (exact) mass is 532 g/mol. The molecule has 1 N–H and O–H groups in total. The number of nitrogens with zero attached hydrogens (tertiary/aromatic N) is 1. The Morgan fingerprint density at radius 1 is 1.12 bits per heavy atom. The number of ether oxygens (including phenoxy) is 2. The van der Waals surface area contributed by atoms with E-state index < -0.39 is 29.6 Å². The normalized spacial score (nSPS) is 14.5. The Bertz CT molecular complexity index is 1160. The molecule has 0 aromatic heterocycles. The van der Waals surface area contributed by atoms with E-state index >= 15 is 0 Å². The zero-order chi connectivity index (χ0) is 24.1. The number of amides is 3. The standard InChI is InChI=1S/C23H21BrN2O6S/c1-13-4-6-17(8-14(13)2)25-20(27)11-26-22(29)19(33-23(26)30)10-15-9-16(24)5-7-18(15)32-12-21(28)31-3/h4-10H,11-12H2,1-3H3,(H,25,27). The highest BCUT2D eigenvalue weighted by atomic mass is 79.9. The van der Waals surface area contributed by atoms with Crippen LogP contribution >= 0.6 is 27.7 Å². The molecule has 8 nitrogen and oxygen atoms in total. The van der Waals surface area contributed by atoms with E-state index in [4.69, 9.17) is 4.74 Å². The Hall–Kier alpha value is -3.11. The van der Waals surface area contributed by atoms with Crippen molar-refractivity contribution in [3.63, 3.8) is 0 Å². The summed E-state index contributed by atoms with van der Waals surface area (Å²) in [5, 5.41) is 2.16. The van der Waals surface area contributed by atoms with Crippen LogP contribution in [-0.2, 0) is 19.1 Å². The van der Waals surface area contributed by atoms with Gasteiger partial charge in [0.15, 0.2) is 6.61 Å². The first-order valence-corrected chi connectivity index (χ1v) is 11.4. The van der Waals surface area contributed by atoms with Crippen LogP contribution in [0.15, 0.2) is 45.8 Å². The van der Waals surface area contributed by atoms with Crippen LogP contribution in [0, 0.1) is 13.8 Å². The van der Waals surface area contributed by atoms with Gasteiger partial charge in [-0.25, -0.2) is 4.79 Å². The quantitative estimate of drug-likeness (QED) is 0.419. The van der Waals surface area contributed by atoms with Gasteiger partial charge in [-0.2, -0.15) is 0 Å². The van der Waals surface area contributed by atoms with Crippen LogP contribution in [0.1, 0.15) is 16.7 Å². The number of carbonyl (C=O) groups excluding carboxylic acids is 4. The zero-order valence-electron chi connectivity index (χ0n) is 18.1. The fraction of sp³-hybridized carbons (Fsp3) is 0.217. The van der Waals surface area contributed by atoms with Crippen LogP contribution in [0.2, 0.25) is 0 Å². The molecule has 1 aliphatic rings. The number of halogens is 1. The largest absolute Gasteiger partial charge is 0.481 e. The maximum Gasteiger partial charge on any atom is 0.343 e. The third kappa shape index (κ3) is 6.23. The minimum absolute atomic E-state index is 0.139. The summed E-state index contributed by atoms with van der Waals surface area (Å²) in [5.41, 5.74) is 3.18. The number of nitrogens with one attached hydrogen (secondary N) is 1. The van der Waals surface area contributed by atoms with Gasteiger partial charge in [-0.1, -0.05) is 22.0 Å².